The maximum absolute atomic E-state index is 14.1. The number of amides is 5. The molecule has 2 aromatic heterocycles. The highest BCUT2D eigenvalue weighted by Crippen LogP contribution is 2.32. The molecule has 7 N–H and O–H groups in total. The van der Waals surface area contributed by atoms with Gasteiger partial charge in [0.15, 0.2) is 5.82 Å². The molecule has 424 valence electrons. The van der Waals surface area contributed by atoms with E-state index in [1.54, 1.807) is 22.9 Å². The smallest absolute Gasteiger partial charge is 0.258 e. The van der Waals surface area contributed by atoms with E-state index in [2.05, 4.69) is 51.6 Å². The zero-order valence-corrected chi connectivity index (χ0v) is 46.2. The lowest BCUT2D eigenvalue weighted by Gasteiger charge is -2.36. The van der Waals surface area contributed by atoms with Crippen molar-refractivity contribution in [3.05, 3.63) is 124 Å². The van der Waals surface area contributed by atoms with Gasteiger partial charge in [-0.3, -0.25) is 34.0 Å². The fourth-order valence-electron chi connectivity index (χ4n) is 10.3. The molecule has 0 radical (unpaired) electrons. The number of aliphatic hydroxyl groups is 1. The predicted octanol–water partition coefficient (Wildman–Crippen LogP) is 5.77. The van der Waals surface area contributed by atoms with Crippen LogP contribution < -0.4 is 31.5 Å². The molecule has 0 spiro atoms. The molecule has 19 nitrogen and oxygen atoms in total. The lowest BCUT2D eigenvalue weighted by molar-refractivity contribution is -0.144. The summed E-state index contributed by atoms with van der Waals surface area (Å²) in [6, 6.07) is 20.6. The Hall–Kier alpha value is -7.37. The maximum atomic E-state index is 14.1. The predicted molar refractivity (Wildman–Crippen MR) is 301 cm³/mol. The third-order valence-corrected chi connectivity index (χ3v) is 15.6. The van der Waals surface area contributed by atoms with Crippen LogP contribution in [0.2, 0.25) is 0 Å². The normalized spacial score (nSPS) is 17.5. The lowest BCUT2D eigenvalue weighted by Crippen LogP contribution is -2.58. The summed E-state index contributed by atoms with van der Waals surface area (Å²) in [4.78, 5) is 78.9. The van der Waals surface area contributed by atoms with Gasteiger partial charge >= 0.3 is 0 Å². The van der Waals surface area contributed by atoms with Crippen molar-refractivity contribution in [2.75, 3.05) is 87.8 Å². The van der Waals surface area contributed by atoms with Gasteiger partial charge in [-0.05, 0) is 96.3 Å². The minimum atomic E-state index is -1.02. The van der Waals surface area contributed by atoms with Crippen LogP contribution >= 0.6 is 11.3 Å². The maximum Gasteiger partial charge on any atom is 0.258 e. The number of aryl methyl sites for hydroxylation is 1. The fraction of sp³-hybridized carbons (Fsp3) is 0.431. The number of β-amino-alcohol motifs (C(OH)–C–C–N with tert-alkyl or cyclic N) is 1. The number of fused-ring (bicyclic) bond motifs is 1. The third kappa shape index (κ3) is 14.7. The molecule has 3 aliphatic rings. The summed E-state index contributed by atoms with van der Waals surface area (Å²) < 4.78 is 39.1. The molecule has 0 aliphatic carbocycles. The summed E-state index contributed by atoms with van der Waals surface area (Å²) in [6.07, 6.45) is 0.996. The Morgan fingerprint density at radius 1 is 0.887 bits per heavy atom. The molecule has 3 saturated heterocycles. The molecule has 9 rings (SSSR count). The van der Waals surface area contributed by atoms with E-state index in [0.29, 0.717) is 72.9 Å². The summed E-state index contributed by atoms with van der Waals surface area (Å²) in [6.45, 7) is 11.3. The zero-order valence-electron chi connectivity index (χ0n) is 45.4. The average molecular weight is 1120 g/mol. The highest BCUT2D eigenvalue weighted by atomic mass is 32.1. The van der Waals surface area contributed by atoms with Crippen LogP contribution in [0, 0.1) is 24.0 Å². The summed E-state index contributed by atoms with van der Waals surface area (Å²) in [7, 11) is 0. The van der Waals surface area contributed by atoms with Gasteiger partial charge in [-0.1, -0.05) is 51.1 Å². The highest BCUT2D eigenvalue weighted by Gasteiger charge is 2.44. The number of aliphatic hydroxyl groups excluding tert-OH is 1. The molecule has 5 heterocycles. The average Bonchev–Trinajstić information content (AvgIpc) is 4.17. The number of carbonyl (C=O) groups is 5. The van der Waals surface area contributed by atoms with E-state index in [4.69, 9.17) is 9.47 Å². The molecule has 0 saturated carbocycles. The number of halogens is 2. The molecule has 22 heteroatoms. The topological polar surface area (TPSA) is 235 Å². The van der Waals surface area contributed by atoms with Gasteiger partial charge in [-0.2, -0.15) is 5.10 Å². The highest BCUT2D eigenvalue weighted by molar-refractivity contribution is 7.13. The molecule has 4 aromatic carbocycles. The van der Waals surface area contributed by atoms with E-state index in [1.165, 1.54) is 17.0 Å². The minimum absolute atomic E-state index is 0.0496. The summed E-state index contributed by atoms with van der Waals surface area (Å²) in [5, 5.41) is 33.8. The van der Waals surface area contributed by atoms with Gasteiger partial charge in [0.25, 0.3) is 5.91 Å². The summed E-state index contributed by atoms with van der Waals surface area (Å²) in [5.74, 6) is -2.96. The second-order valence-electron chi connectivity index (χ2n) is 21.7. The van der Waals surface area contributed by atoms with Crippen LogP contribution in [0.1, 0.15) is 72.8 Å². The zero-order chi connectivity index (χ0) is 56.5. The van der Waals surface area contributed by atoms with Gasteiger partial charge in [-0.15, -0.1) is 11.3 Å². The van der Waals surface area contributed by atoms with E-state index < -0.39 is 53.0 Å². The van der Waals surface area contributed by atoms with Gasteiger partial charge in [0, 0.05) is 94.3 Å². The van der Waals surface area contributed by atoms with E-state index in [0.717, 1.165) is 51.9 Å². The quantitative estimate of drug-likeness (QED) is 0.0451. The molecule has 6 aromatic rings. The summed E-state index contributed by atoms with van der Waals surface area (Å²) >= 11 is 1.56. The second-order valence-corrected chi connectivity index (χ2v) is 22.6. The first-order valence-corrected chi connectivity index (χ1v) is 27.9. The van der Waals surface area contributed by atoms with Crippen molar-refractivity contribution in [1.82, 2.24) is 40.9 Å². The first-order chi connectivity index (χ1) is 38.4. The number of ether oxygens (including phenoxy) is 2. The van der Waals surface area contributed by atoms with Crippen LogP contribution in [0.5, 0.6) is 0 Å². The van der Waals surface area contributed by atoms with Gasteiger partial charge < -0.3 is 51.0 Å². The first-order valence-electron chi connectivity index (χ1n) is 27.0. The van der Waals surface area contributed by atoms with E-state index in [9.17, 15) is 37.9 Å². The van der Waals surface area contributed by atoms with Crippen molar-refractivity contribution < 1.29 is 47.3 Å². The standard InChI is InChI=1S/C58H69F2N11O8S/c1-35-52(80-34-63-35)39-8-5-36(6-9-39)30-62-56(76)49-29-44(72)31-71(49)57(77)53(58(2,3)4)65-51(74)33-79-22-15-61-50(73)32-69-16-18-70(19-17-69)43-10-11-45(48(28-43)64-42-13-20-78-21-14-42)55(75)66-54-46-26-37(7-12-47(46)67-68-54)23-38-24-40(59)27-41(60)25-38/h5-12,24-28,34,42,44,49,53,64,72H,13-23,29-33H2,1-4H3,(H,61,73)(H,62,76)(H,65,74)(H2,66,67,68,75)/t44-,49+,53-/m1/s1. The molecule has 80 heavy (non-hydrogen) atoms. The van der Waals surface area contributed by atoms with Gasteiger partial charge in [0.2, 0.25) is 23.6 Å². The van der Waals surface area contributed by atoms with Gasteiger partial charge in [0.05, 0.1) is 46.4 Å². The molecule has 3 atom stereocenters. The number of nitrogens with zero attached hydrogens (tertiary/aromatic N) is 5. The Labute approximate surface area is 467 Å². The number of nitrogens with one attached hydrogen (secondary N) is 6. The van der Waals surface area contributed by atoms with Crippen LogP contribution in [-0.4, -0.2) is 156 Å². The third-order valence-electron chi connectivity index (χ3n) is 14.6. The number of hydrogen-bond donors (Lipinski definition) is 7. The molecule has 0 bridgehead atoms. The lowest BCUT2D eigenvalue weighted by atomic mass is 9.85. The van der Waals surface area contributed by atoms with Crippen LogP contribution in [-0.2, 0) is 41.6 Å². The first kappa shape index (κ1) is 57.3. The summed E-state index contributed by atoms with van der Waals surface area (Å²) in [5.41, 5.74) is 7.88. The SMILES string of the molecule is Cc1ncsc1-c1ccc(CNC(=O)[C@@H]2C[C@@H](O)CN2C(=O)[C@@H](NC(=O)COCCNC(=O)CN2CCN(c3ccc(C(=O)Nc4n[nH]c5ccc(Cc6cc(F)cc(F)c6)cc45)c(NC4CCOCC4)c3)CC2)C(C)(C)C)cc1. The fourth-order valence-corrected chi connectivity index (χ4v) is 11.1. The Balaban J connectivity index is 0.718. The molecule has 3 fully saturated rings. The van der Waals surface area contributed by atoms with Crippen LogP contribution in [0.3, 0.4) is 0 Å². The van der Waals surface area contributed by atoms with Crippen LogP contribution in [0.4, 0.5) is 26.0 Å². The number of aromatic nitrogens is 3. The number of likely N-dealkylation sites (tertiary alicyclic amines) is 1. The van der Waals surface area contributed by atoms with Gasteiger partial charge in [0.1, 0.15) is 30.3 Å². The van der Waals surface area contributed by atoms with Crippen molar-refractivity contribution in [3.63, 3.8) is 0 Å². The number of rotatable bonds is 20. The number of aromatic amines is 1. The number of anilines is 3. The Kier molecular flexibility index (Phi) is 18.5. The van der Waals surface area contributed by atoms with Crippen molar-refractivity contribution in [2.45, 2.75) is 84.2 Å². The Bertz CT molecular complexity index is 3150. The number of piperazine rings is 1. The molecule has 5 amide bonds. The molecular weight excluding hydrogens is 1050 g/mol. The number of H-pyrrole nitrogens is 1. The van der Waals surface area contributed by atoms with Crippen molar-refractivity contribution in [2.24, 2.45) is 5.41 Å². The van der Waals surface area contributed by atoms with Crippen LogP contribution in [0.15, 0.2) is 84.4 Å². The Morgan fingerprint density at radius 3 is 2.34 bits per heavy atom. The van der Waals surface area contributed by atoms with E-state index in [-0.39, 0.29) is 70.1 Å². The van der Waals surface area contributed by atoms with Crippen molar-refractivity contribution >= 4 is 69.0 Å². The van der Waals surface area contributed by atoms with Gasteiger partial charge in [-0.25, -0.2) is 13.8 Å². The van der Waals surface area contributed by atoms with E-state index >= 15 is 0 Å². The molecule has 3 aliphatic heterocycles. The number of hydrogen-bond acceptors (Lipinski definition) is 14. The number of benzene rings is 4. The van der Waals surface area contributed by atoms with Crippen molar-refractivity contribution in [3.8, 4) is 10.4 Å². The molecule has 0 unspecified atom stereocenters. The second kappa shape index (κ2) is 25.8. The minimum Gasteiger partial charge on any atom is -0.391 e. The molecular formula is C58H69F2N11O8S. The van der Waals surface area contributed by atoms with Crippen LogP contribution in [0.25, 0.3) is 21.3 Å². The monoisotopic (exact) mass is 1120 g/mol. The Morgan fingerprint density at radius 2 is 1.62 bits per heavy atom. The van der Waals surface area contributed by atoms with Crippen molar-refractivity contribution in [1.29, 1.82) is 0 Å². The largest absolute Gasteiger partial charge is 0.391 e. The van der Waals surface area contributed by atoms with E-state index in [1.807, 2.05) is 82.3 Å². The number of carbonyl (C=O) groups excluding carboxylic acids is 5. The number of thiazole rings is 1.